The van der Waals surface area contributed by atoms with Gasteiger partial charge in [0.25, 0.3) is 5.91 Å². The highest BCUT2D eigenvalue weighted by atomic mass is 35.5. The van der Waals surface area contributed by atoms with Gasteiger partial charge in [-0.05, 0) is 30.3 Å². The lowest BCUT2D eigenvalue weighted by atomic mass is 10.3. The summed E-state index contributed by atoms with van der Waals surface area (Å²) in [7, 11) is 3.28. The van der Waals surface area contributed by atoms with Gasteiger partial charge in [0.15, 0.2) is 5.69 Å². The van der Waals surface area contributed by atoms with E-state index < -0.39 is 0 Å². The summed E-state index contributed by atoms with van der Waals surface area (Å²) >= 11 is 0. The Morgan fingerprint density at radius 3 is 2.54 bits per heavy atom. The van der Waals surface area contributed by atoms with Crippen LogP contribution in [0.15, 0.2) is 36.5 Å². The first-order valence-electron chi connectivity index (χ1n) is 7.42. The van der Waals surface area contributed by atoms with Crippen LogP contribution in [-0.4, -0.2) is 56.1 Å². The molecule has 1 amide bonds. The summed E-state index contributed by atoms with van der Waals surface area (Å²) in [5.41, 5.74) is 1.25. The third kappa shape index (κ3) is 5.84. The molecule has 0 saturated heterocycles. The Hall–Kier alpha value is -2.09. The lowest BCUT2D eigenvalue weighted by molar-refractivity contribution is 0.0948. The van der Waals surface area contributed by atoms with Gasteiger partial charge in [0.2, 0.25) is 0 Å². The molecule has 0 spiro atoms. The lowest BCUT2D eigenvalue weighted by Gasteiger charge is -2.05. The van der Waals surface area contributed by atoms with Crippen LogP contribution < -0.4 is 15.4 Å². The molecule has 7 nitrogen and oxygen atoms in total. The molecule has 0 unspecified atom stereocenters. The number of rotatable bonds is 9. The summed E-state index contributed by atoms with van der Waals surface area (Å²) in [6.45, 7) is 2.64. The third-order valence-electron chi connectivity index (χ3n) is 3.23. The summed E-state index contributed by atoms with van der Waals surface area (Å²) in [5, 5.41) is 10.3. The standard InChI is InChI=1S/C16H22N4O3.ClH/c1-22-12-10-17-8-9-18-16(21)15-7-11-20(19-15)13-3-5-14(23-2)6-4-13;/h3-7,11,17H,8-10,12H2,1-2H3,(H,18,21);1H. The first kappa shape index (κ1) is 20.0. The van der Waals surface area contributed by atoms with Crippen molar-refractivity contribution in [1.29, 1.82) is 0 Å². The molecule has 0 radical (unpaired) electrons. The van der Waals surface area contributed by atoms with E-state index in [2.05, 4.69) is 15.7 Å². The molecule has 1 aromatic heterocycles. The number of benzene rings is 1. The number of hydrogen-bond donors (Lipinski definition) is 2. The number of carbonyl (C=O) groups is 1. The van der Waals surface area contributed by atoms with E-state index in [4.69, 9.17) is 9.47 Å². The average Bonchev–Trinajstić information content (AvgIpc) is 3.08. The Morgan fingerprint density at radius 2 is 1.88 bits per heavy atom. The van der Waals surface area contributed by atoms with E-state index >= 15 is 0 Å². The molecule has 0 aliphatic heterocycles. The van der Waals surface area contributed by atoms with E-state index in [-0.39, 0.29) is 18.3 Å². The maximum atomic E-state index is 12.0. The molecule has 8 heteroatoms. The van der Waals surface area contributed by atoms with Gasteiger partial charge in [0, 0.05) is 32.9 Å². The number of amides is 1. The molecule has 132 valence electrons. The van der Waals surface area contributed by atoms with Crippen molar-refractivity contribution in [2.45, 2.75) is 0 Å². The number of ether oxygens (including phenoxy) is 2. The predicted molar refractivity (Wildman–Crippen MR) is 94.4 cm³/mol. The zero-order valence-corrected chi connectivity index (χ0v) is 14.6. The van der Waals surface area contributed by atoms with Crippen molar-refractivity contribution < 1.29 is 14.3 Å². The lowest BCUT2D eigenvalue weighted by Crippen LogP contribution is -2.33. The van der Waals surface area contributed by atoms with Crippen molar-refractivity contribution in [2.24, 2.45) is 0 Å². The summed E-state index contributed by atoms with van der Waals surface area (Å²) in [6.07, 6.45) is 1.76. The van der Waals surface area contributed by atoms with E-state index in [1.807, 2.05) is 24.3 Å². The van der Waals surface area contributed by atoms with Crippen molar-refractivity contribution in [1.82, 2.24) is 20.4 Å². The van der Waals surface area contributed by atoms with Gasteiger partial charge in [-0.2, -0.15) is 5.10 Å². The van der Waals surface area contributed by atoms with Crippen LogP contribution in [-0.2, 0) is 4.74 Å². The molecule has 24 heavy (non-hydrogen) atoms. The van der Waals surface area contributed by atoms with Gasteiger partial charge < -0.3 is 20.1 Å². The summed E-state index contributed by atoms with van der Waals surface area (Å²) < 4.78 is 11.7. The zero-order chi connectivity index (χ0) is 16.5. The topological polar surface area (TPSA) is 77.4 Å². The fraction of sp³-hybridized carbons (Fsp3) is 0.375. The number of nitrogens with zero attached hydrogens (tertiary/aromatic N) is 2. The van der Waals surface area contributed by atoms with Gasteiger partial charge in [-0.25, -0.2) is 4.68 Å². The Balaban J connectivity index is 0.00000288. The maximum Gasteiger partial charge on any atom is 0.271 e. The van der Waals surface area contributed by atoms with Gasteiger partial charge in [0.1, 0.15) is 5.75 Å². The normalized spacial score (nSPS) is 10.1. The molecule has 0 aliphatic rings. The van der Waals surface area contributed by atoms with Crippen molar-refractivity contribution >= 4 is 18.3 Å². The molecular weight excluding hydrogens is 332 g/mol. The first-order chi connectivity index (χ1) is 11.2. The second-order valence-corrected chi connectivity index (χ2v) is 4.84. The van der Waals surface area contributed by atoms with E-state index in [1.165, 1.54) is 0 Å². The largest absolute Gasteiger partial charge is 0.497 e. The van der Waals surface area contributed by atoms with Crippen molar-refractivity contribution in [3.8, 4) is 11.4 Å². The number of carbonyl (C=O) groups excluding carboxylic acids is 1. The second kappa shape index (κ2) is 10.6. The monoisotopic (exact) mass is 354 g/mol. The Kier molecular flexibility index (Phi) is 8.85. The fourth-order valence-electron chi connectivity index (χ4n) is 1.98. The van der Waals surface area contributed by atoms with Crippen molar-refractivity contribution in [3.05, 3.63) is 42.2 Å². The summed E-state index contributed by atoms with van der Waals surface area (Å²) in [6, 6.07) is 9.16. The van der Waals surface area contributed by atoms with Gasteiger partial charge in [-0.3, -0.25) is 4.79 Å². The van der Waals surface area contributed by atoms with E-state index in [9.17, 15) is 4.79 Å². The molecule has 1 heterocycles. The van der Waals surface area contributed by atoms with Crippen molar-refractivity contribution in [2.75, 3.05) is 40.5 Å². The molecule has 1 aromatic carbocycles. The molecule has 0 saturated carbocycles. The van der Waals surface area contributed by atoms with Gasteiger partial charge in [0.05, 0.1) is 19.4 Å². The average molecular weight is 355 g/mol. The number of hydrogen-bond acceptors (Lipinski definition) is 5. The number of halogens is 1. The molecule has 2 aromatic rings. The van der Waals surface area contributed by atoms with Gasteiger partial charge in [-0.1, -0.05) is 0 Å². The molecule has 0 atom stereocenters. The molecule has 2 rings (SSSR count). The number of methoxy groups -OCH3 is 2. The number of nitrogens with one attached hydrogen (secondary N) is 2. The Bertz CT molecular complexity index is 616. The quantitative estimate of drug-likeness (QED) is 0.663. The van der Waals surface area contributed by atoms with E-state index in [0.717, 1.165) is 18.0 Å². The fourth-order valence-corrected chi connectivity index (χ4v) is 1.98. The van der Waals surface area contributed by atoms with Gasteiger partial charge in [-0.15, -0.1) is 12.4 Å². The minimum absolute atomic E-state index is 0. The minimum atomic E-state index is -0.189. The molecule has 0 bridgehead atoms. The van der Waals surface area contributed by atoms with Crippen LogP contribution in [0.4, 0.5) is 0 Å². The number of aromatic nitrogens is 2. The van der Waals surface area contributed by atoms with Crippen LogP contribution in [0.2, 0.25) is 0 Å². The Morgan fingerprint density at radius 1 is 1.12 bits per heavy atom. The smallest absolute Gasteiger partial charge is 0.271 e. The second-order valence-electron chi connectivity index (χ2n) is 4.84. The van der Waals surface area contributed by atoms with Crippen LogP contribution in [0.5, 0.6) is 5.75 Å². The first-order valence-corrected chi connectivity index (χ1v) is 7.42. The summed E-state index contributed by atoms with van der Waals surface area (Å²) in [4.78, 5) is 12.0. The van der Waals surface area contributed by atoms with E-state index in [0.29, 0.717) is 25.4 Å². The van der Waals surface area contributed by atoms with E-state index in [1.54, 1.807) is 31.2 Å². The molecule has 2 N–H and O–H groups in total. The molecular formula is C16H23ClN4O3. The van der Waals surface area contributed by atoms with Gasteiger partial charge >= 0.3 is 0 Å². The highest BCUT2D eigenvalue weighted by Crippen LogP contribution is 2.14. The van der Waals surface area contributed by atoms with Crippen molar-refractivity contribution in [3.63, 3.8) is 0 Å². The van der Waals surface area contributed by atoms with Crippen LogP contribution in [0.25, 0.3) is 5.69 Å². The SMILES string of the molecule is COCCNCCNC(=O)c1ccn(-c2ccc(OC)cc2)n1.Cl. The third-order valence-corrected chi connectivity index (χ3v) is 3.23. The zero-order valence-electron chi connectivity index (χ0n) is 13.8. The highest BCUT2D eigenvalue weighted by Gasteiger charge is 2.09. The molecule has 0 aliphatic carbocycles. The highest BCUT2D eigenvalue weighted by molar-refractivity contribution is 5.92. The van der Waals surface area contributed by atoms with Crippen LogP contribution in [0.3, 0.4) is 0 Å². The summed E-state index contributed by atoms with van der Waals surface area (Å²) in [5.74, 6) is 0.589. The maximum absolute atomic E-state index is 12.0. The minimum Gasteiger partial charge on any atom is -0.497 e. The Labute approximate surface area is 147 Å². The van der Waals surface area contributed by atoms with Crippen LogP contribution in [0, 0.1) is 0 Å². The van der Waals surface area contributed by atoms with Crippen LogP contribution in [0.1, 0.15) is 10.5 Å². The molecule has 0 fully saturated rings. The predicted octanol–water partition coefficient (Wildman–Crippen LogP) is 1.27. The van der Waals surface area contributed by atoms with Crippen LogP contribution >= 0.6 is 12.4 Å².